The van der Waals surface area contributed by atoms with Crippen molar-refractivity contribution in [2.24, 2.45) is 0 Å². The van der Waals surface area contributed by atoms with Crippen LogP contribution < -0.4 is 10.6 Å². The molecular weight excluding hydrogens is 380 g/mol. The Labute approximate surface area is 174 Å². The van der Waals surface area contributed by atoms with Crippen LogP contribution in [0.4, 0.5) is 5.69 Å². The van der Waals surface area contributed by atoms with Crippen LogP contribution in [0.15, 0.2) is 88.7 Å². The van der Waals surface area contributed by atoms with E-state index in [1.807, 2.05) is 72.8 Å². The van der Waals surface area contributed by atoms with Crippen molar-refractivity contribution in [3.63, 3.8) is 0 Å². The van der Waals surface area contributed by atoms with Crippen LogP contribution in [0.5, 0.6) is 0 Å². The van der Waals surface area contributed by atoms with Crippen molar-refractivity contribution in [1.82, 2.24) is 5.32 Å². The van der Waals surface area contributed by atoms with Gasteiger partial charge in [0.25, 0.3) is 11.8 Å². The average molecular weight is 401 g/mol. The maximum Gasteiger partial charge on any atom is 0.262 e. The molecule has 4 nitrogen and oxygen atoms in total. The van der Waals surface area contributed by atoms with Gasteiger partial charge in [-0.3, -0.25) is 9.59 Å². The third-order valence-corrected chi connectivity index (χ3v) is 5.67. The number of thioether (sulfide) groups is 1. The first-order chi connectivity index (χ1) is 14.2. The van der Waals surface area contributed by atoms with E-state index in [1.54, 1.807) is 12.1 Å². The Morgan fingerprint density at radius 2 is 1.69 bits per heavy atom. The molecule has 0 unspecified atom stereocenters. The molecule has 0 fully saturated rings. The minimum Gasteiger partial charge on any atom is -0.352 e. The maximum atomic E-state index is 12.5. The normalized spacial score (nSPS) is 14.2. The number of anilines is 1. The molecule has 29 heavy (non-hydrogen) atoms. The number of amides is 2. The molecule has 0 saturated heterocycles. The first kappa shape index (κ1) is 19.0. The van der Waals surface area contributed by atoms with E-state index in [0.29, 0.717) is 22.7 Å². The van der Waals surface area contributed by atoms with Gasteiger partial charge in [-0.25, -0.2) is 0 Å². The van der Waals surface area contributed by atoms with Crippen LogP contribution in [-0.4, -0.2) is 18.4 Å². The Morgan fingerprint density at radius 3 is 2.45 bits per heavy atom. The van der Waals surface area contributed by atoms with Crippen LogP contribution in [0, 0.1) is 0 Å². The second kappa shape index (κ2) is 8.80. The molecule has 0 aromatic heterocycles. The molecule has 0 radical (unpaired) electrons. The fourth-order valence-corrected chi connectivity index (χ4v) is 4.00. The number of carbonyl (C=O) groups excluding carboxylic acids is 2. The molecular formula is C24H20N2O2S. The first-order valence-corrected chi connectivity index (χ1v) is 10.2. The highest BCUT2D eigenvalue weighted by Crippen LogP contribution is 2.39. The number of hydrogen-bond acceptors (Lipinski definition) is 3. The fourth-order valence-electron chi connectivity index (χ4n) is 3.07. The molecule has 1 aliphatic heterocycles. The van der Waals surface area contributed by atoms with Crippen LogP contribution >= 0.6 is 11.8 Å². The monoisotopic (exact) mass is 400 g/mol. The molecule has 1 aliphatic rings. The molecule has 0 bridgehead atoms. The minimum atomic E-state index is -0.159. The van der Waals surface area contributed by atoms with Gasteiger partial charge in [0.2, 0.25) is 0 Å². The standard InChI is InChI=1S/C24H20N2O2S/c27-23(25-14-13-17-7-3-1-4-8-17)19-11-12-21-20(16-19)26-24(28)22(29-21)15-18-9-5-2-6-10-18/h1-12,15-16H,13-14H2,(H,25,27)(H,26,28). The number of carbonyl (C=O) groups is 2. The lowest BCUT2D eigenvalue weighted by atomic mass is 10.1. The highest BCUT2D eigenvalue weighted by Gasteiger charge is 2.22. The molecule has 2 N–H and O–H groups in total. The molecule has 3 aromatic carbocycles. The Bertz CT molecular complexity index is 1060. The van der Waals surface area contributed by atoms with Crippen LogP contribution in [0.25, 0.3) is 6.08 Å². The van der Waals surface area contributed by atoms with Gasteiger partial charge in [0.1, 0.15) is 0 Å². The summed E-state index contributed by atoms with van der Waals surface area (Å²) in [6, 6.07) is 25.2. The second-order valence-electron chi connectivity index (χ2n) is 6.68. The lowest BCUT2D eigenvalue weighted by molar-refractivity contribution is -0.112. The fraction of sp³-hybridized carbons (Fsp3) is 0.0833. The van der Waals surface area contributed by atoms with Gasteiger partial charge in [0, 0.05) is 17.0 Å². The summed E-state index contributed by atoms with van der Waals surface area (Å²) in [5.41, 5.74) is 3.36. The Balaban J connectivity index is 1.43. The van der Waals surface area contributed by atoms with Gasteiger partial charge in [-0.1, -0.05) is 72.4 Å². The molecule has 0 saturated carbocycles. The molecule has 144 valence electrons. The van der Waals surface area contributed by atoms with Crippen molar-refractivity contribution in [1.29, 1.82) is 0 Å². The van der Waals surface area contributed by atoms with Gasteiger partial charge in [0.05, 0.1) is 10.6 Å². The van der Waals surface area contributed by atoms with E-state index in [9.17, 15) is 9.59 Å². The second-order valence-corrected chi connectivity index (χ2v) is 7.76. The molecule has 2 amide bonds. The zero-order valence-corrected chi connectivity index (χ0v) is 16.5. The zero-order valence-electron chi connectivity index (χ0n) is 15.7. The molecule has 0 aliphatic carbocycles. The Morgan fingerprint density at radius 1 is 0.966 bits per heavy atom. The van der Waals surface area contributed by atoms with Crippen LogP contribution in [-0.2, 0) is 11.2 Å². The van der Waals surface area contributed by atoms with Crippen molar-refractivity contribution in [3.8, 4) is 0 Å². The van der Waals surface area contributed by atoms with Crippen molar-refractivity contribution in [2.75, 3.05) is 11.9 Å². The summed E-state index contributed by atoms with van der Waals surface area (Å²) < 4.78 is 0. The van der Waals surface area contributed by atoms with Crippen molar-refractivity contribution in [2.45, 2.75) is 11.3 Å². The number of nitrogens with one attached hydrogen (secondary N) is 2. The predicted octanol–water partition coefficient (Wildman–Crippen LogP) is 4.74. The van der Waals surface area contributed by atoms with Gasteiger partial charge in [-0.2, -0.15) is 0 Å². The molecule has 0 spiro atoms. The smallest absolute Gasteiger partial charge is 0.262 e. The van der Waals surface area contributed by atoms with E-state index >= 15 is 0 Å². The average Bonchev–Trinajstić information content (AvgIpc) is 2.75. The van der Waals surface area contributed by atoms with E-state index in [4.69, 9.17) is 0 Å². The highest BCUT2D eigenvalue weighted by atomic mass is 32.2. The van der Waals surface area contributed by atoms with E-state index in [1.165, 1.54) is 17.3 Å². The minimum absolute atomic E-state index is 0.145. The quantitative estimate of drug-likeness (QED) is 0.608. The van der Waals surface area contributed by atoms with Gasteiger partial charge in [-0.15, -0.1) is 0 Å². The Kier molecular flexibility index (Phi) is 5.77. The summed E-state index contributed by atoms with van der Waals surface area (Å²) in [4.78, 5) is 26.5. The molecule has 0 atom stereocenters. The van der Waals surface area contributed by atoms with Crippen LogP contribution in [0.2, 0.25) is 0 Å². The number of fused-ring (bicyclic) bond motifs is 1. The third-order valence-electron chi connectivity index (χ3n) is 4.57. The van der Waals surface area contributed by atoms with Gasteiger partial charge < -0.3 is 10.6 Å². The maximum absolute atomic E-state index is 12.5. The van der Waals surface area contributed by atoms with E-state index in [0.717, 1.165) is 16.9 Å². The number of benzene rings is 3. The summed E-state index contributed by atoms with van der Waals surface area (Å²) in [6.07, 6.45) is 2.64. The predicted molar refractivity (Wildman–Crippen MR) is 118 cm³/mol. The number of hydrogen-bond donors (Lipinski definition) is 2. The summed E-state index contributed by atoms with van der Waals surface area (Å²) in [6.45, 7) is 0.561. The third kappa shape index (κ3) is 4.76. The lowest BCUT2D eigenvalue weighted by Gasteiger charge is -2.19. The SMILES string of the molecule is O=C1Nc2cc(C(=O)NCCc3ccccc3)ccc2SC1=Cc1ccccc1. The molecule has 5 heteroatoms. The van der Waals surface area contributed by atoms with Gasteiger partial charge in [0.15, 0.2) is 0 Å². The summed E-state index contributed by atoms with van der Waals surface area (Å²) in [7, 11) is 0. The molecule has 4 rings (SSSR count). The van der Waals surface area contributed by atoms with E-state index in [2.05, 4.69) is 10.6 Å². The van der Waals surface area contributed by atoms with Crippen molar-refractivity contribution < 1.29 is 9.59 Å². The Hall–Kier alpha value is -3.31. The van der Waals surface area contributed by atoms with Crippen LogP contribution in [0.1, 0.15) is 21.5 Å². The highest BCUT2D eigenvalue weighted by molar-refractivity contribution is 8.04. The lowest BCUT2D eigenvalue weighted by Crippen LogP contribution is -2.26. The molecule has 3 aromatic rings. The largest absolute Gasteiger partial charge is 0.352 e. The van der Waals surface area contributed by atoms with Crippen molar-refractivity contribution >= 4 is 35.3 Å². The topological polar surface area (TPSA) is 58.2 Å². The first-order valence-electron chi connectivity index (χ1n) is 9.41. The van der Waals surface area contributed by atoms with Gasteiger partial charge >= 0.3 is 0 Å². The summed E-state index contributed by atoms with van der Waals surface area (Å²) >= 11 is 1.41. The van der Waals surface area contributed by atoms with Crippen LogP contribution in [0.3, 0.4) is 0 Å². The zero-order chi connectivity index (χ0) is 20.1. The van der Waals surface area contributed by atoms with Crippen molar-refractivity contribution in [3.05, 3.63) is 100 Å². The van der Waals surface area contributed by atoms with Gasteiger partial charge in [-0.05, 0) is 41.8 Å². The van der Waals surface area contributed by atoms with E-state index < -0.39 is 0 Å². The van der Waals surface area contributed by atoms with E-state index in [-0.39, 0.29) is 11.8 Å². The molecule has 1 heterocycles. The number of rotatable bonds is 5. The summed E-state index contributed by atoms with van der Waals surface area (Å²) in [5, 5.41) is 5.84. The summed E-state index contributed by atoms with van der Waals surface area (Å²) in [5.74, 6) is -0.304.